The predicted octanol–water partition coefficient (Wildman–Crippen LogP) is 13.6. The number of aromatic nitrogens is 2. The molecule has 8 aromatic carbocycles. The van der Waals surface area contributed by atoms with Crippen LogP contribution in [0.5, 0.6) is 0 Å². The van der Waals surface area contributed by atoms with E-state index in [2.05, 4.69) is 187 Å². The van der Waals surface area contributed by atoms with Crippen molar-refractivity contribution in [3.05, 3.63) is 192 Å². The Hall–Kier alpha value is -7.66. The average molecular weight is 729 g/mol. The van der Waals surface area contributed by atoms with Crippen LogP contribution >= 0.6 is 0 Å². The molecule has 0 amide bonds. The van der Waals surface area contributed by atoms with Crippen molar-refractivity contribution in [2.24, 2.45) is 0 Å². The minimum Gasteiger partial charge on any atom is -0.308 e. The summed E-state index contributed by atoms with van der Waals surface area (Å²) >= 11 is 0. The Labute approximate surface area is 331 Å². The molecule has 0 unspecified atom stereocenters. The molecule has 0 saturated carbocycles. The van der Waals surface area contributed by atoms with Gasteiger partial charge in [-0.1, -0.05) is 126 Å². The average Bonchev–Trinajstić information content (AvgIpc) is 3.75. The molecule has 4 nitrogen and oxygen atoms in total. The maximum atomic E-state index is 11.5. The molecular formula is C53H36N4. The minimum atomic E-state index is 0.555. The molecule has 0 N–H and O–H groups in total. The topological polar surface area (TPSA) is 57.4 Å². The van der Waals surface area contributed by atoms with Crippen molar-refractivity contribution in [3.8, 4) is 56.9 Å². The zero-order valence-corrected chi connectivity index (χ0v) is 31.9. The van der Waals surface area contributed by atoms with Crippen molar-refractivity contribution < 1.29 is 0 Å². The summed E-state index contributed by atoms with van der Waals surface area (Å²) in [5.41, 5.74) is 16.5. The van der Waals surface area contributed by atoms with E-state index in [9.17, 15) is 10.5 Å². The van der Waals surface area contributed by atoms with Gasteiger partial charge in [0.05, 0.1) is 45.1 Å². The van der Waals surface area contributed by atoms with Crippen molar-refractivity contribution in [2.45, 2.75) is 20.8 Å². The first-order valence-corrected chi connectivity index (χ1v) is 19.2. The lowest BCUT2D eigenvalue weighted by Crippen LogP contribution is -2.05. The van der Waals surface area contributed by atoms with Crippen LogP contribution in [-0.4, -0.2) is 9.13 Å². The Morgan fingerprint density at radius 2 is 0.807 bits per heavy atom. The monoisotopic (exact) mass is 728 g/mol. The number of rotatable bonds is 5. The molecule has 0 radical (unpaired) electrons. The standard InChI is InChI=1S/C53H36N4/c1-33-10-8-12-37(23-33)39-18-20-45-43-14-4-6-16-48(43)56(50(45)27-39)52-29-42(41-25-35(3)22-36(26-41)31-54)30-53(47(52)32-55)57-49-17-7-5-15-44(49)46-21-19-40(28-51(46)57)38-13-9-11-34(2)24-38/h4-30H,1-3H3. The molecule has 10 rings (SSSR count). The number of aryl methyl sites for hydroxylation is 3. The number of benzene rings is 8. The Morgan fingerprint density at radius 3 is 1.30 bits per heavy atom. The number of para-hydroxylation sites is 2. The van der Waals surface area contributed by atoms with E-state index in [1.807, 2.05) is 19.1 Å². The first kappa shape index (κ1) is 33.9. The van der Waals surface area contributed by atoms with E-state index in [-0.39, 0.29) is 0 Å². The molecule has 0 saturated heterocycles. The molecule has 0 aliphatic carbocycles. The lowest BCUT2D eigenvalue weighted by Gasteiger charge is -2.19. The first-order valence-electron chi connectivity index (χ1n) is 19.2. The van der Waals surface area contributed by atoms with E-state index >= 15 is 0 Å². The van der Waals surface area contributed by atoms with Crippen molar-refractivity contribution in [2.75, 3.05) is 0 Å². The van der Waals surface area contributed by atoms with Crippen molar-refractivity contribution in [1.82, 2.24) is 9.13 Å². The molecule has 0 bridgehead atoms. The van der Waals surface area contributed by atoms with Gasteiger partial charge in [-0.25, -0.2) is 0 Å². The van der Waals surface area contributed by atoms with Crippen LogP contribution in [0.1, 0.15) is 27.8 Å². The molecule has 0 spiro atoms. The third kappa shape index (κ3) is 5.58. The third-order valence-electron chi connectivity index (χ3n) is 11.3. The summed E-state index contributed by atoms with van der Waals surface area (Å²) in [5, 5.41) is 26.0. The van der Waals surface area contributed by atoms with Crippen LogP contribution in [0, 0.1) is 43.4 Å². The number of nitrogens with zero attached hydrogens (tertiary/aromatic N) is 4. The fourth-order valence-electron chi connectivity index (χ4n) is 8.73. The molecule has 2 aromatic heterocycles. The largest absolute Gasteiger partial charge is 0.308 e. The molecule has 0 fully saturated rings. The number of hydrogen-bond donors (Lipinski definition) is 0. The van der Waals surface area contributed by atoms with Gasteiger partial charge in [0, 0.05) is 21.5 Å². The van der Waals surface area contributed by atoms with Crippen LogP contribution in [-0.2, 0) is 0 Å². The van der Waals surface area contributed by atoms with Gasteiger partial charge in [-0.3, -0.25) is 0 Å². The Morgan fingerprint density at radius 1 is 0.351 bits per heavy atom. The van der Waals surface area contributed by atoms with Crippen LogP contribution in [0.4, 0.5) is 0 Å². The highest BCUT2D eigenvalue weighted by atomic mass is 15.0. The van der Waals surface area contributed by atoms with E-state index in [0.717, 1.165) is 93.9 Å². The number of nitriles is 2. The first-order chi connectivity index (χ1) is 27.9. The maximum absolute atomic E-state index is 11.5. The SMILES string of the molecule is Cc1cccc(-c2ccc3c4ccccc4n(-c4cc(-c5cc(C)cc(C#N)c5)cc(-n5c6ccccc6c6ccc(-c7cccc(C)c7)cc65)c4C#N)c3c2)c1. The summed E-state index contributed by atoms with van der Waals surface area (Å²) in [6.45, 7) is 6.26. The predicted molar refractivity (Wildman–Crippen MR) is 235 cm³/mol. The van der Waals surface area contributed by atoms with E-state index in [1.165, 1.54) is 11.1 Å². The second-order valence-corrected chi connectivity index (χ2v) is 15.1. The zero-order valence-electron chi connectivity index (χ0n) is 31.9. The Kier molecular flexibility index (Phi) is 7.89. The number of fused-ring (bicyclic) bond motifs is 6. The van der Waals surface area contributed by atoms with E-state index < -0.39 is 0 Å². The van der Waals surface area contributed by atoms with Crippen LogP contribution < -0.4 is 0 Å². The van der Waals surface area contributed by atoms with Gasteiger partial charge in [-0.15, -0.1) is 0 Å². The molecule has 57 heavy (non-hydrogen) atoms. The molecule has 268 valence electrons. The molecule has 0 aliphatic heterocycles. The van der Waals surface area contributed by atoms with E-state index in [0.29, 0.717) is 11.1 Å². The lowest BCUT2D eigenvalue weighted by atomic mass is 9.97. The maximum Gasteiger partial charge on any atom is 0.104 e. The van der Waals surface area contributed by atoms with Gasteiger partial charge in [-0.05, 0) is 108 Å². The fraction of sp³-hybridized carbons (Fsp3) is 0.0566. The minimum absolute atomic E-state index is 0.555. The second-order valence-electron chi connectivity index (χ2n) is 15.1. The summed E-state index contributed by atoms with van der Waals surface area (Å²) in [5.74, 6) is 0. The highest BCUT2D eigenvalue weighted by molar-refractivity contribution is 6.12. The van der Waals surface area contributed by atoms with Gasteiger partial charge in [0.25, 0.3) is 0 Å². The summed E-state index contributed by atoms with van der Waals surface area (Å²) < 4.78 is 4.53. The van der Waals surface area contributed by atoms with Gasteiger partial charge in [0.1, 0.15) is 11.6 Å². The molecule has 0 aliphatic rings. The van der Waals surface area contributed by atoms with Crippen molar-refractivity contribution in [1.29, 1.82) is 10.5 Å². The van der Waals surface area contributed by atoms with Gasteiger partial charge < -0.3 is 9.13 Å². The van der Waals surface area contributed by atoms with Crippen molar-refractivity contribution >= 4 is 43.6 Å². The quantitative estimate of drug-likeness (QED) is 0.177. The summed E-state index contributed by atoms with van der Waals surface area (Å²) in [4.78, 5) is 0. The lowest BCUT2D eigenvalue weighted by molar-refractivity contribution is 1.12. The van der Waals surface area contributed by atoms with Gasteiger partial charge >= 0.3 is 0 Å². The Bertz CT molecular complexity index is 3180. The van der Waals surface area contributed by atoms with Gasteiger partial charge in [-0.2, -0.15) is 10.5 Å². The smallest absolute Gasteiger partial charge is 0.104 e. The van der Waals surface area contributed by atoms with Crippen molar-refractivity contribution in [3.63, 3.8) is 0 Å². The second kappa shape index (κ2) is 13.3. The highest BCUT2D eigenvalue weighted by Crippen LogP contribution is 2.42. The van der Waals surface area contributed by atoms with Crippen LogP contribution in [0.25, 0.3) is 88.4 Å². The molecular weight excluding hydrogens is 693 g/mol. The summed E-state index contributed by atoms with van der Waals surface area (Å²) in [6.07, 6.45) is 0. The van der Waals surface area contributed by atoms with Crippen LogP contribution in [0.2, 0.25) is 0 Å². The molecule has 4 heteroatoms. The van der Waals surface area contributed by atoms with Gasteiger partial charge in [0.2, 0.25) is 0 Å². The van der Waals surface area contributed by atoms with Crippen LogP contribution in [0.15, 0.2) is 164 Å². The van der Waals surface area contributed by atoms with E-state index in [1.54, 1.807) is 0 Å². The molecule has 2 heterocycles. The van der Waals surface area contributed by atoms with Crippen LogP contribution in [0.3, 0.4) is 0 Å². The molecule has 10 aromatic rings. The zero-order chi connectivity index (χ0) is 38.8. The van der Waals surface area contributed by atoms with E-state index in [4.69, 9.17) is 0 Å². The van der Waals surface area contributed by atoms with Gasteiger partial charge in [0.15, 0.2) is 0 Å². The summed E-state index contributed by atoms with van der Waals surface area (Å²) in [6, 6.07) is 62.7. The highest BCUT2D eigenvalue weighted by Gasteiger charge is 2.23. The number of hydrogen-bond acceptors (Lipinski definition) is 2. The normalized spacial score (nSPS) is 11.4. The summed E-state index contributed by atoms with van der Waals surface area (Å²) in [7, 11) is 0. The Balaban J connectivity index is 1.35. The fourth-order valence-corrected chi connectivity index (χ4v) is 8.73. The third-order valence-corrected chi connectivity index (χ3v) is 11.3. The molecule has 0 atom stereocenters.